The van der Waals surface area contributed by atoms with Gasteiger partial charge >= 0.3 is 0 Å². The van der Waals surface area contributed by atoms with Crippen molar-refractivity contribution in [3.8, 4) is 11.3 Å². The van der Waals surface area contributed by atoms with E-state index in [1.54, 1.807) is 22.0 Å². The number of fused-ring (bicyclic) bond motifs is 1. The molecule has 1 aromatic carbocycles. The zero-order valence-corrected chi connectivity index (χ0v) is 20.4. The molecule has 0 aliphatic carbocycles. The average Bonchev–Trinajstić information content (AvgIpc) is 3.35. The predicted octanol–water partition coefficient (Wildman–Crippen LogP) is 6.06. The highest BCUT2D eigenvalue weighted by atomic mass is 32.1. The van der Waals surface area contributed by atoms with Crippen molar-refractivity contribution in [1.82, 2.24) is 14.5 Å². The zero-order chi connectivity index (χ0) is 22.7. The van der Waals surface area contributed by atoms with Gasteiger partial charge in [-0.3, -0.25) is 14.2 Å². The Morgan fingerprint density at radius 1 is 1.22 bits per heavy atom. The van der Waals surface area contributed by atoms with Gasteiger partial charge in [0.2, 0.25) is 5.91 Å². The third-order valence-electron chi connectivity index (χ3n) is 5.24. The highest BCUT2D eigenvalue weighted by molar-refractivity contribution is 7.71. The number of anilines is 1. The van der Waals surface area contributed by atoms with Crippen molar-refractivity contribution in [3.63, 3.8) is 0 Å². The lowest BCUT2D eigenvalue weighted by Crippen LogP contribution is -2.22. The Morgan fingerprint density at radius 2 is 2.03 bits per heavy atom. The molecule has 4 rings (SSSR count). The third kappa shape index (κ3) is 5.06. The van der Waals surface area contributed by atoms with E-state index in [1.807, 2.05) is 23.6 Å². The normalized spacial score (nSPS) is 11.2. The van der Waals surface area contributed by atoms with Crippen LogP contribution in [0.5, 0.6) is 0 Å². The highest BCUT2D eigenvalue weighted by Crippen LogP contribution is 2.32. The minimum atomic E-state index is -0.0716. The van der Waals surface area contributed by atoms with Crippen molar-refractivity contribution < 1.29 is 4.79 Å². The van der Waals surface area contributed by atoms with E-state index in [1.165, 1.54) is 21.1 Å². The molecule has 0 bridgehead atoms. The minimum absolute atomic E-state index is 0.0377. The Kier molecular flexibility index (Phi) is 6.98. The number of thiazole rings is 1. The number of carbonyl (C=O) groups excluding carboxylic acids is 1. The van der Waals surface area contributed by atoms with Crippen LogP contribution in [-0.4, -0.2) is 20.4 Å². The fraction of sp³-hybridized carbons (Fsp3) is 0.304. The second-order valence-electron chi connectivity index (χ2n) is 7.66. The van der Waals surface area contributed by atoms with Crippen molar-refractivity contribution >= 4 is 56.8 Å². The molecular formula is C23H24N4O2S3. The summed E-state index contributed by atoms with van der Waals surface area (Å²) in [5.74, 6) is -0.0377. The van der Waals surface area contributed by atoms with Gasteiger partial charge in [0.05, 0.1) is 16.6 Å². The van der Waals surface area contributed by atoms with Crippen molar-refractivity contribution in [2.24, 2.45) is 0 Å². The van der Waals surface area contributed by atoms with Crippen LogP contribution in [0.25, 0.3) is 22.2 Å². The standard InChI is InChI=1S/C23H24N4O2S3/c1-14-12-17(15(2)32-14)19-13-31-22(24-19)26-20(28)10-4-3-7-11-27-21(29)16-8-5-6-9-18(16)25-23(27)30/h5-6,8-9,12-13H,3-4,7,10-11H2,1-2H3,(H,25,30)(H,24,26,28). The van der Waals surface area contributed by atoms with Gasteiger partial charge in [-0.25, -0.2) is 4.98 Å². The fourth-order valence-electron chi connectivity index (χ4n) is 3.66. The summed E-state index contributed by atoms with van der Waals surface area (Å²) < 4.78 is 2.03. The van der Waals surface area contributed by atoms with Crippen LogP contribution in [0.2, 0.25) is 0 Å². The summed E-state index contributed by atoms with van der Waals surface area (Å²) in [7, 11) is 0. The molecule has 0 saturated heterocycles. The molecule has 0 aliphatic heterocycles. The molecule has 1 amide bonds. The highest BCUT2D eigenvalue weighted by Gasteiger charge is 2.12. The van der Waals surface area contributed by atoms with Gasteiger partial charge in [0.15, 0.2) is 9.90 Å². The second-order valence-corrected chi connectivity index (χ2v) is 10.4. The number of aromatic amines is 1. The number of amides is 1. The molecule has 0 atom stereocenters. The van der Waals surface area contributed by atoms with Gasteiger partial charge in [-0.15, -0.1) is 22.7 Å². The van der Waals surface area contributed by atoms with E-state index in [9.17, 15) is 9.59 Å². The van der Waals surface area contributed by atoms with Crippen LogP contribution in [-0.2, 0) is 11.3 Å². The molecule has 0 unspecified atom stereocenters. The van der Waals surface area contributed by atoms with Gasteiger partial charge in [0, 0.05) is 33.7 Å². The number of thiophene rings is 1. The van der Waals surface area contributed by atoms with Gasteiger partial charge in [-0.2, -0.15) is 0 Å². The summed E-state index contributed by atoms with van der Waals surface area (Å²) in [6, 6.07) is 9.50. The van der Waals surface area contributed by atoms with Crippen LogP contribution < -0.4 is 10.9 Å². The summed E-state index contributed by atoms with van der Waals surface area (Å²) in [6.45, 7) is 4.71. The van der Waals surface area contributed by atoms with E-state index in [0.717, 1.165) is 36.0 Å². The van der Waals surface area contributed by atoms with Crippen LogP contribution in [0.4, 0.5) is 5.13 Å². The van der Waals surface area contributed by atoms with Gasteiger partial charge in [0.25, 0.3) is 5.56 Å². The number of hydrogen-bond acceptors (Lipinski definition) is 6. The summed E-state index contributed by atoms with van der Waals surface area (Å²) in [5, 5.41) is 6.14. The first kappa shape index (κ1) is 22.6. The lowest BCUT2D eigenvalue weighted by atomic mass is 10.2. The van der Waals surface area contributed by atoms with Gasteiger partial charge < -0.3 is 10.3 Å². The molecule has 2 N–H and O–H groups in total. The number of unbranched alkanes of at least 4 members (excludes halogenated alkanes) is 2. The quantitative estimate of drug-likeness (QED) is 0.235. The Hall–Kier alpha value is -2.62. The molecule has 32 heavy (non-hydrogen) atoms. The number of H-pyrrole nitrogens is 1. The number of hydrogen-bond donors (Lipinski definition) is 2. The first-order valence-corrected chi connectivity index (χ1v) is 12.6. The first-order valence-electron chi connectivity index (χ1n) is 10.5. The minimum Gasteiger partial charge on any atom is -0.332 e. The number of aryl methyl sites for hydroxylation is 2. The second kappa shape index (κ2) is 9.89. The number of para-hydroxylation sites is 1. The predicted molar refractivity (Wildman–Crippen MR) is 135 cm³/mol. The molecule has 3 aromatic heterocycles. The van der Waals surface area contributed by atoms with Crippen LogP contribution in [0.15, 0.2) is 40.5 Å². The molecule has 0 radical (unpaired) electrons. The number of rotatable bonds is 8. The van der Waals surface area contributed by atoms with E-state index in [0.29, 0.717) is 28.3 Å². The Bertz CT molecular complexity index is 1380. The van der Waals surface area contributed by atoms with Crippen molar-refractivity contribution in [1.29, 1.82) is 0 Å². The summed E-state index contributed by atoms with van der Waals surface area (Å²) in [6.07, 6.45) is 2.77. The maximum atomic E-state index is 12.7. The molecule has 4 aromatic rings. The number of nitrogens with one attached hydrogen (secondary N) is 2. The van der Waals surface area contributed by atoms with Crippen LogP contribution in [0.1, 0.15) is 35.4 Å². The maximum Gasteiger partial charge on any atom is 0.262 e. The molecule has 0 spiro atoms. The fourth-order valence-corrected chi connectivity index (χ4v) is 5.60. The summed E-state index contributed by atoms with van der Waals surface area (Å²) in [4.78, 5) is 35.1. The molecule has 0 fully saturated rings. The Labute approximate surface area is 199 Å². The van der Waals surface area contributed by atoms with Gasteiger partial charge in [0.1, 0.15) is 0 Å². The molecule has 166 valence electrons. The summed E-state index contributed by atoms with van der Waals surface area (Å²) >= 11 is 8.54. The average molecular weight is 485 g/mol. The monoisotopic (exact) mass is 484 g/mol. The van der Waals surface area contributed by atoms with Crippen molar-refractivity contribution in [2.75, 3.05) is 5.32 Å². The smallest absolute Gasteiger partial charge is 0.262 e. The topological polar surface area (TPSA) is 79.8 Å². The molecule has 0 saturated carbocycles. The summed E-state index contributed by atoms with van der Waals surface area (Å²) in [5.41, 5.74) is 2.72. The number of carbonyl (C=O) groups is 1. The van der Waals surface area contributed by atoms with E-state index in [2.05, 4.69) is 35.2 Å². The van der Waals surface area contributed by atoms with E-state index < -0.39 is 0 Å². The van der Waals surface area contributed by atoms with Crippen LogP contribution in [0, 0.1) is 18.6 Å². The Balaban J connectivity index is 1.26. The molecule has 6 nitrogen and oxygen atoms in total. The van der Waals surface area contributed by atoms with Crippen LogP contribution in [0.3, 0.4) is 0 Å². The molecule has 0 aliphatic rings. The largest absolute Gasteiger partial charge is 0.332 e. The maximum absolute atomic E-state index is 12.7. The lowest BCUT2D eigenvalue weighted by Gasteiger charge is -2.08. The van der Waals surface area contributed by atoms with Gasteiger partial charge in [-0.05, 0) is 57.1 Å². The number of nitrogens with zero attached hydrogens (tertiary/aromatic N) is 2. The lowest BCUT2D eigenvalue weighted by molar-refractivity contribution is -0.116. The van der Waals surface area contributed by atoms with E-state index in [-0.39, 0.29) is 11.5 Å². The zero-order valence-electron chi connectivity index (χ0n) is 17.9. The van der Waals surface area contributed by atoms with Crippen molar-refractivity contribution in [2.45, 2.75) is 46.1 Å². The third-order valence-corrected chi connectivity index (χ3v) is 7.29. The SMILES string of the molecule is Cc1cc(-c2csc(NC(=O)CCCCCn3c(=S)[nH]c4ccccc4c3=O)n2)c(C)s1. The van der Waals surface area contributed by atoms with Crippen LogP contribution >= 0.6 is 34.9 Å². The molecular weight excluding hydrogens is 460 g/mol. The molecule has 9 heteroatoms. The van der Waals surface area contributed by atoms with Crippen molar-refractivity contribution in [3.05, 3.63) is 60.6 Å². The number of benzene rings is 1. The van der Waals surface area contributed by atoms with E-state index >= 15 is 0 Å². The van der Waals surface area contributed by atoms with E-state index in [4.69, 9.17) is 12.2 Å². The van der Waals surface area contributed by atoms with Gasteiger partial charge in [-0.1, -0.05) is 18.6 Å². The first-order chi connectivity index (χ1) is 15.4. The number of aromatic nitrogens is 3. The Morgan fingerprint density at radius 3 is 2.81 bits per heavy atom. The molecule has 3 heterocycles.